The Hall–Kier alpha value is -1.02. The largest absolute Gasteiger partial charge is 0.396 e. The molecule has 0 aromatic heterocycles. The third-order valence-corrected chi connectivity index (χ3v) is 3.60. The minimum absolute atomic E-state index is 0.174. The average molecular weight is 233 g/mol. The molecule has 1 N–H and O–H groups in total. The highest BCUT2D eigenvalue weighted by atomic mass is 16.3. The Balaban J connectivity index is 2.27. The molecule has 0 saturated carbocycles. The number of hydrogen-bond donors (Lipinski definition) is 1. The Morgan fingerprint density at radius 3 is 2.59 bits per heavy atom. The van der Waals surface area contributed by atoms with Crippen LogP contribution < -0.4 is 4.90 Å². The molecule has 17 heavy (non-hydrogen) atoms. The summed E-state index contributed by atoms with van der Waals surface area (Å²) in [6.07, 6.45) is 1.11. The van der Waals surface area contributed by atoms with Crippen molar-refractivity contribution in [1.29, 1.82) is 0 Å². The summed E-state index contributed by atoms with van der Waals surface area (Å²) in [5, 5.41) is 9.23. The molecular formula is C15H23NO. The number of rotatable bonds is 2. The number of para-hydroxylation sites is 1. The first-order chi connectivity index (χ1) is 8.02. The number of hydrogen-bond acceptors (Lipinski definition) is 2. The van der Waals surface area contributed by atoms with Gasteiger partial charge in [-0.1, -0.05) is 39.0 Å². The summed E-state index contributed by atoms with van der Waals surface area (Å²) >= 11 is 0. The highest BCUT2D eigenvalue weighted by Crippen LogP contribution is 2.34. The highest BCUT2D eigenvalue weighted by molar-refractivity contribution is 5.57. The lowest BCUT2D eigenvalue weighted by Gasteiger charge is -2.28. The molecular weight excluding hydrogens is 210 g/mol. The van der Waals surface area contributed by atoms with Crippen molar-refractivity contribution < 1.29 is 5.11 Å². The molecule has 1 fully saturated rings. The van der Waals surface area contributed by atoms with E-state index in [4.69, 9.17) is 0 Å². The van der Waals surface area contributed by atoms with Gasteiger partial charge in [-0.3, -0.25) is 0 Å². The van der Waals surface area contributed by atoms with Gasteiger partial charge in [0.15, 0.2) is 0 Å². The summed E-state index contributed by atoms with van der Waals surface area (Å²) in [4.78, 5) is 2.42. The minimum Gasteiger partial charge on any atom is -0.396 e. The van der Waals surface area contributed by atoms with Crippen molar-refractivity contribution in [2.75, 3.05) is 24.6 Å². The van der Waals surface area contributed by atoms with Crippen molar-refractivity contribution in [3.8, 4) is 0 Å². The van der Waals surface area contributed by atoms with Gasteiger partial charge in [-0.05, 0) is 23.5 Å². The van der Waals surface area contributed by atoms with Crippen LogP contribution in [0, 0.1) is 5.92 Å². The molecule has 0 radical (unpaired) electrons. The fourth-order valence-corrected chi connectivity index (χ4v) is 2.58. The molecule has 1 aliphatic heterocycles. The molecule has 0 aliphatic carbocycles. The van der Waals surface area contributed by atoms with Gasteiger partial charge in [-0.15, -0.1) is 0 Å². The van der Waals surface area contributed by atoms with E-state index in [1.165, 1.54) is 11.3 Å². The quantitative estimate of drug-likeness (QED) is 0.849. The molecule has 2 nitrogen and oxygen atoms in total. The first kappa shape index (κ1) is 12.4. The van der Waals surface area contributed by atoms with E-state index in [0.717, 1.165) is 19.5 Å². The fourth-order valence-electron chi connectivity index (χ4n) is 2.58. The zero-order valence-corrected chi connectivity index (χ0v) is 11.1. The predicted molar refractivity (Wildman–Crippen MR) is 72.5 cm³/mol. The third-order valence-electron chi connectivity index (χ3n) is 3.60. The van der Waals surface area contributed by atoms with Gasteiger partial charge < -0.3 is 10.0 Å². The van der Waals surface area contributed by atoms with E-state index in [1.807, 2.05) is 0 Å². The topological polar surface area (TPSA) is 23.5 Å². The number of anilines is 1. The monoisotopic (exact) mass is 233 g/mol. The molecule has 0 spiro atoms. The van der Waals surface area contributed by atoms with Crippen LogP contribution in [0.5, 0.6) is 0 Å². The summed E-state index contributed by atoms with van der Waals surface area (Å²) in [7, 11) is 0. The van der Waals surface area contributed by atoms with Crippen molar-refractivity contribution in [2.24, 2.45) is 5.92 Å². The summed E-state index contributed by atoms with van der Waals surface area (Å²) in [6, 6.07) is 8.66. The van der Waals surface area contributed by atoms with Crippen molar-refractivity contribution in [1.82, 2.24) is 0 Å². The van der Waals surface area contributed by atoms with Gasteiger partial charge in [-0.2, -0.15) is 0 Å². The second-order valence-electron chi connectivity index (χ2n) is 6.05. The first-order valence-electron chi connectivity index (χ1n) is 6.47. The lowest BCUT2D eigenvalue weighted by molar-refractivity contribution is 0.238. The Bertz CT molecular complexity index is 381. The molecule has 0 bridgehead atoms. The van der Waals surface area contributed by atoms with E-state index in [9.17, 15) is 5.11 Å². The number of aliphatic hydroxyl groups excluding tert-OH is 1. The summed E-state index contributed by atoms with van der Waals surface area (Å²) < 4.78 is 0. The van der Waals surface area contributed by atoms with Gasteiger partial charge in [0.2, 0.25) is 0 Å². The smallest absolute Gasteiger partial charge is 0.0476 e. The zero-order valence-electron chi connectivity index (χ0n) is 11.1. The van der Waals surface area contributed by atoms with E-state index in [0.29, 0.717) is 12.5 Å². The number of aliphatic hydroxyl groups is 1. The maximum Gasteiger partial charge on any atom is 0.0476 e. The molecule has 1 heterocycles. The van der Waals surface area contributed by atoms with Gasteiger partial charge in [0, 0.05) is 31.3 Å². The number of benzene rings is 1. The van der Waals surface area contributed by atoms with Gasteiger partial charge in [0.25, 0.3) is 0 Å². The molecule has 0 amide bonds. The van der Waals surface area contributed by atoms with Crippen molar-refractivity contribution in [2.45, 2.75) is 32.6 Å². The maximum atomic E-state index is 9.23. The minimum atomic E-state index is 0.174. The van der Waals surface area contributed by atoms with Crippen LogP contribution in [-0.2, 0) is 5.41 Å². The van der Waals surface area contributed by atoms with E-state index in [2.05, 4.69) is 49.9 Å². The van der Waals surface area contributed by atoms with Gasteiger partial charge >= 0.3 is 0 Å². The Morgan fingerprint density at radius 2 is 2.00 bits per heavy atom. The SMILES string of the molecule is CC(C)(C)c1ccccc1N1CCC(CO)C1. The van der Waals surface area contributed by atoms with Crippen LogP contribution in [0.1, 0.15) is 32.8 Å². The fraction of sp³-hybridized carbons (Fsp3) is 0.600. The van der Waals surface area contributed by atoms with Crippen LogP contribution in [0.25, 0.3) is 0 Å². The molecule has 1 atom stereocenters. The van der Waals surface area contributed by atoms with Crippen LogP contribution in [-0.4, -0.2) is 24.8 Å². The van der Waals surface area contributed by atoms with Crippen LogP contribution in [0.15, 0.2) is 24.3 Å². The molecule has 94 valence electrons. The standard InChI is InChI=1S/C15H23NO/c1-15(2,3)13-6-4-5-7-14(13)16-9-8-12(10-16)11-17/h4-7,12,17H,8-11H2,1-3H3. The van der Waals surface area contributed by atoms with Crippen LogP contribution in [0.2, 0.25) is 0 Å². The van der Waals surface area contributed by atoms with Crippen LogP contribution in [0.4, 0.5) is 5.69 Å². The lowest BCUT2D eigenvalue weighted by Crippen LogP contribution is -2.25. The normalized spacial score (nSPS) is 20.9. The predicted octanol–water partition coefficient (Wildman–Crippen LogP) is 2.80. The second-order valence-corrected chi connectivity index (χ2v) is 6.05. The Kier molecular flexibility index (Phi) is 3.43. The third kappa shape index (κ3) is 2.63. The molecule has 1 aromatic carbocycles. The number of nitrogens with zero attached hydrogens (tertiary/aromatic N) is 1. The summed E-state index contributed by atoms with van der Waals surface area (Å²) in [5.74, 6) is 0.447. The van der Waals surface area contributed by atoms with Crippen LogP contribution in [0.3, 0.4) is 0 Å². The van der Waals surface area contributed by atoms with E-state index in [1.54, 1.807) is 0 Å². The van der Waals surface area contributed by atoms with Crippen LogP contribution >= 0.6 is 0 Å². The maximum absolute atomic E-state index is 9.23. The molecule has 1 aromatic rings. The summed E-state index contributed by atoms with van der Waals surface area (Å²) in [5.41, 5.74) is 2.92. The summed E-state index contributed by atoms with van der Waals surface area (Å²) in [6.45, 7) is 9.14. The second kappa shape index (κ2) is 4.69. The molecule has 1 aliphatic rings. The van der Waals surface area contributed by atoms with Crippen molar-refractivity contribution in [3.05, 3.63) is 29.8 Å². The molecule has 1 unspecified atom stereocenters. The van der Waals surface area contributed by atoms with Gasteiger partial charge in [0.05, 0.1) is 0 Å². The van der Waals surface area contributed by atoms with Crippen molar-refractivity contribution >= 4 is 5.69 Å². The molecule has 2 heteroatoms. The van der Waals surface area contributed by atoms with E-state index >= 15 is 0 Å². The van der Waals surface area contributed by atoms with Crippen molar-refractivity contribution in [3.63, 3.8) is 0 Å². The van der Waals surface area contributed by atoms with E-state index < -0.39 is 0 Å². The van der Waals surface area contributed by atoms with Gasteiger partial charge in [-0.25, -0.2) is 0 Å². The zero-order chi connectivity index (χ0) is 12.5. The Labute approximate surface area is 104 Å². The molecule has 1 saturated heterocycles. The molecule has 2 rings (SSSR count). The van der Waals surface area contributed by atoms with Gasteiger partial charge in [0.1, 0.15) is 0 Å². The van der Waals surface area contributed by atoms with E-state index in [-0.39, 0.29) is 5.41 Å². The Morgan fingerprint density at radius 1 is 1.29 bits per heavy atom. The highest BCUT2D eigenvalue weighted by Gasteiger charge is 2.26. The average Bonchev–Trinajstić information content (AvgIpc) is 2.76. The lowest BCUT2D eigenvalue weighted by atomic mass is 9.85. The first-order valence-corrected chi connectivity index (χ1v) is 6.47.